The fourth-order valence-electron chi connectivity index (χ4n) is 2.20. The molecular formula is C14H18OS. The maximum atomic E-state index is 10.4. The minimum atomic E-state index is -0.399. The third-order valence-corrected chi connectivity index (χ3v) is 3.92. The highest BCUT2D eigenvalue weighted by Crippen LogP contribution is 2.34. The molecule has 1 aliphatic carbocycles. The van der Waals surface area contributed by atoms with Gasteiger partial charge in [-0.2, -0.15) is 0 Å². The first kappa shape index (κ1) is 11.7. The molecule has 0 amide bonds. The average Bonchev–Trinajstić information content (AvgIpc) is 2.39. The molecule has 1 nitrogen and oxygen atoms in total. The molecule has 2 rings (SSSR count). The first-order chi connectivity index (χ1) is 7.83. The van der Waals surface area contributed by atoms with Crippen LogP contribution in [-0.4, -0.2) is 11.4 Å². The van der Waals surface area contributed by atoms with Crippen molar-refractivity contribution in [1.29, 1.82) is 0 Å². The van der Waals surface area contributed by atoms with Crippen molar-refractivity contribution in [3.63, 3.8) is 0 Å². The minimum Gasteiger partial charge on any atom is -0.384 e. The lowest BCUT2D eigenvalue weighted by Crippen LogP contribution is -2.05. The zero-order chi connectivity index (χ0) is 11.4. The van der Waals surface area contributed by atoms with Gasteiger partial charge in [-0.1, -0.05) is 24.3 Å². The number of aliphatic hydroxyl groups excluding tert-OH is 1. The second-order valence-electron chi connectivity index (χ2n) is 4.17. The average molecular weight is 234 g/mol. The van der Waals surface area contributed by atoms with Gasteiger partial charge in [-0.3, -0.25) is 0 Å². The van der Waals surface area contributed by atoms with Crippen molar-refractivity contribution in [2.45, 2.75) is 36.7 Å². The standard InChI is InChI=1S/C14H18OS/c1-16-13-10-6-5-9-12(13)14(15)11-7-3-2-4-8-11/h5-7,9-10,14-15H,2-4,8H2,1H3. The maximum Gasteiger partial charge on any atom is 0.101 e. The Kier molecular flexibility index (Phi) is 4.08. The van der Waals surface area contributed by atoms with E-state index in [0.717, 1.165) is 18.4 Å². The van der Waals surface area contributed by atoms with E-state index in [1.165, 1.54) is 23.3 Å². The molecule has 16 heavy (non-hydrogen) atoms. The monoisotopic (exact) mass is 234 g/mol. The first-order valence-corrected chi connectivity index (χ1v) is 7.05. The molecule has 1 aromatic rings. The van der Waals surface area contributed by atoms with E-state index in [9.17, 15) is 5.11 Å². The van der Waals surface area contributed by atoms with Crippen LogP contribution in [0.4, 0.5) is 0 Å². The van der Waals surface area contributed by atoms with E-state index in [4.69, 9.17) is 0 Å². The Morgan fingerprint density at radius 3 is 2.75 bits per heavy atom. The molecule has 0 radical (unpaired) electrons. The summed E-state index contributed by atoms with van der Waals surface area (Å²) >= 11 is 1.70. The number of hydrogen-bond donors (Lipinski definition) is 1. The summed E-state index contributed by atoms with van der Waals surface area (Å²) in [6.07, 6.45) is 8.51. The van der Waals surface area contributed by atoms with E-state index in [-0.39, 0.29) is 0 Å². The van der Waals surface area contributed by atoms with Gasteiger partial charge >= 0.3 is 0 Å². The van der Waals surface area contributed by atoms with Crippen LogP contribution in [0.5, 0.6) is 0 Å². The highest BCUT2D eigenvalue weighted by atomic mass is 32.2. The molecule has 0 aromatic heterocycles. The lowest BCUT2D eigenvalue weighted by molar-refractivity contribution is 0.205. The van der Waals surface area contributed by atoms with Crippen molar-refractivity contribution in [3.8, 4) is 0 Å². The fourth-order valence-corrected chi connectivity index (χ4v) is 2.83. The van der Waals surface area contributed by atoms with Gasteiger partial charge in [-0.25, -0.2) is 0 Å². The van der Waals surface area contributed by atoms with E-state index in [2.05, 4.69) is 18.4 Å². The molecule has 86 valence electrons. The fraction of sp³-hybridized carbons (Fsp3) is 0.429. The second kappa shape index (κ2) is 5.55. The Morgan fingerprint density at radius 2 is 2.06 bits per heavy atom. The molecular weight excluding hydrogens is 216 g/mol. The Bertz CT molecular complexity index is 384. The summed E-state index contributed by atoms with van der Waals surface area (Å²) in [4.78, 5) is 1.18. The number of allylic oxidation sites excluding steroid dienone is 1. The molecule has 0 heterocycles. The largest absolute Gasteiger partial charge is 0.384 e. The first-order valence-electron chi connectivity index (χ1n) is 5.83. The van der Waals surface area contributed by atoms with Crippen LogP contribution in [0.15, 0.2) is 40.8 Å². The topological polar surface area (TPSA) is 20.2 Å². The van der Waals surface area contributed by atoms with Gasteiger partial charge in [-0.05, 0) is 49.1 Å². The molecule has 0 spiro atoms. The molecule has 0 fully saturated rings. The Morgan fingerprint density at radius 1 is 1.25 bits per heavy atom. The SMILES string of the molecule is CSc1ccccc1C(O)C1=CCCCC1. The zero-order valence-electron chi connectivity index (χ0n) is 9.65. The summed E-state index contributed by atoms with van der Waals surface area (Å²) in [6.45, 7) is 0. The van der Waals surface area contributed by atoms with Gasteiger partial charge in [-0.15, -0.1) is 11.8 Å². The van der Waals surface area contributed by atoms with Gasteiger partial charge in [0.2, 0.25) is 0 Å². The van der Waals surface area contributed by atoms with Crippen LogP contribution in [0, 0.1) is 0 Å². The van der Waals surface area contributed by atoms with Crippen LogP contribution in [0.1, 0.15) is 37.4 Å². The van der Waals surface area contributed by atoms with E-state index in [1.54, 1.807) is 11.8 Å². The Labute approximate surface area is 102 Å². The smallest absolute Gasteiger partial charge is 0.101 e. The lowest BCUT2D eigenvalue weighted by atomic mass is 9.92. The molecule has 0 saturated heterocycles. The summed E-state index contributed by atoms with van der Waals surface area (Å²) in [7, 11) is 0. The van der Waals surface area contributed by atoms with Crippen molar-refractivity contribution in [2.75, 3.05) is 6.26 Å². The van der Waals surface area contributed by atoms with Gasteiger partial charge in [0.05, 0.1) is 0 Å². The van der Waals surface area contributed by atoms with Gasteiger partial charge in [0.15, 0.2) is 0 Å². The maximum absolute atomic E-state index is 10.4. The summed E-state index contributed by atoms with van der Waals surface area (Å²) in [6, 6.07) is 8.14. The molecule has 1 atom stereocenters. The van der Waals surface area contributed by atoms with Crippen LogP contribution in [-0.2, 0) is 0 Å². The molecule has 1 aromatic carbocycles. The van der Waals surface area contributed by atoms with Gasteiger partial charge in [0.25, 0.3) is 0 Å². The van der Waals surface area contributed by atoms with E-state index in [1.807, 2.05) is 18.2 Å². The summed E-state index contributed by atoms with van der Waals surface area (Å²) < 4.78 is 0. The highest BCUT2D eigenvalue weighted by molar-refractivity contribution is 7.98. The predicted octanol–water partition coefficient (Wildman–Crippen LogP) is 3.94. The summed E-state index contributed by atoms with van der Waals surface area (Å²) in [5.41, 5.74) is 2.26. The van der Waals surface area contributed by atoms with E-state index >= 15 is 0 Å². The van der Waals surface area contributed by atoms with E-state index in [0.29, 0.717) is 0 Å². The third kappa shape index (κ3) is 2.50. The molecule has 0 saturated carbocycles. The van der Waals surface area contributed by atoms with Crippen molar-refractivity contribution < 1.29 is 5.11 Å². The lowest BCUT2D eigenvalue weighted by Gasteiger charge is -2.20. The molecule has 0 bridgehead atoms. The van der Waals surface area contributed by atoms with Gasteiger partial charge in [0, 0.05) is 4.90 Å². The van der Waals surface area contributed by atoms with Crippen LogP contribution in [0.3, 0.4) is 0 Å². The molecule has 1 aliphatic rings. The second-order valence-corrected chi connectivity index (χ2v) is 5.02. The van der Waals surface area contributed by atoms with E-state index < -0.39 is 6.10 Å². The van der Waals surface area contributed by atoms with Crippen molar-refractivity contribution in [1.82, 2.24) is 0 Å². The Hall–Kier alpha value is -0.730. The quantitative estimate of drug-likeness (QED) is 0.631. The summed E-state index contributed by atoms with van der Waals surface area (Å²) in [5.74, 6) is 0. The molecule has 0 aliphatic heterocycles. The van der Waals surface area contributed by atoms with Crippen LogP contribution in [0.25, 0.3) is 0 Å². The predicted molar refractivity (Wildman–Crippen MR) is 69.7 cm³/mol. The zero-order valence-corrected chi connectivity index (χ0v) is 10.5. The van der Waals surface area contributed by atoms with Gasteiger partial charge < -0.3 is 5.11 Å². The number of benzene rings is 1. The normalized spacial score (nSPS) is 18.0. The van der Waals surface area contributed by atoms with Gasteiger partial charge in [0.1, 0.15) is 6.10 Å². The highest BCUT2D eigenvalue weighted by Gasteiger charge is 2.17. The third-order valence-electron chi connectivity index (χ3n) is 3.11. The minimum absolute atomic E-state index is 0.399. The molecule has 2 heteroatoms. The van der Waals surface area contributed by atoms with Crippen molar-refractivity contribution >= 4 is 11.8 Å². The van der Waals surface area contributed by atoms with Crippen molar-refractivity contribution in [2.24, 2.45) is 0 Å². The number of rotatable bonds is 3. The van der Waals surface area contributed by atoms with Crippen LogP contribution in [0.2, 0.25) is 0 Å². The molecule has 1 unspecified atom stereocenters. The van der Waals surface area contributed by atoms with Crippen LogP contribution < -0.4 is 0 Å². The number of aliphatic hydroxyl groups is 1. The number of hydrogen-bond acceptors (Lipinski definition) is 2. The Balaban J connectivity index is 2.25. The summed E-state index contributed by atoms with van der Waals surface area (Å²) in [5, 5.41) is 10.4. The van der Waals surface area contributed by atoms with Crippen molar-refractivity contribution in [3.05, 3.63) is 41.5 Å². The molecule has 1 N–H and O–H groups in total. The number of thioether (sulfide) groups is 1. The van der Waals surface area contributed by atoms with Crippen LogP contribution >= 0.6 is 11.8 Å².